The SMILES string of the molecule is CCCCN(CCO)C(=O)c1cc(O)[nH]c(=O)c1. The van der Waals surface area contributed by atoms with Gasteiger partial charge in [0.15, 0.2) is 5.88 Å². The Bertz CT molecular complexity index is 456. The number of carbonyl (C=O) groups excluding carboxylic acids is 1. The van der Waals surface area contributed by atoms with E-state index in [0.717, 1.165) is 18.9 Å². The van der Waals surface area contributed by atoms with E-state index in [0.29, 0.717) is 6.54 Å². The Balaban J connectivity index is 2.90. The number of hydrogen-bond donors (Lipinski definition) is 3. The Kier molecular flexibility index (Phi) is 5.38. The van der Waals surface area contributed by atoms with E-state index >= 15 is 0 Å². The molecular formula is C12H18N2O4. The quantitative estimate of drug-likeness (QED) is 0.681. The number of amides is 1. The lowest BCUT2D eigenvalue weighted by Crippen LogP contribution is -2.35. The lowest BCUT2D eigenvalue weighted by Gasteiger charge is -2.21. The Hall–Kier alpha value is -1.82. The van der Waals surface area contributed by atoms with Gasteiger partial charge in [0.25, 0.3) is 11.5 Å². The van der Waals surface area contributed by atoms with Gasteiger partial charge in [-0.1, -0.05) is 13.3 Å². The fourth-order valence-electron chi connectivity index (χ4n) is 1.62. The Morgan fingerprint density at radius 1 is 1.39 bits per heavy atom. The molecule has 0 spiro atoms. The van der Waals surface area contributed by atoms with Crippen LogP contribution in [-0.4, -0.2) is 45.7 Å². The maximum Gasteiger partial charge on any atom is 0.254 e. The molecule has 1 rings (SSSR count). The maximum atomic E-state index is 12.1. The summed E-state index contributed by atoms with van der Waals surface area (Å²) in [6.07, 6.45) is 1.75. The third kappa shape index (κ3) is 3.89. The summed E-state index contributed by atoms with van der Waals surface area (Å²) >= 11 is 0. The van der Waals surface area contributed by atoms with Crippen molar-refractivity contribution in [1.29, 1.82) is 0 Å². The summed E-state index contributed by atoms with van der Waals surface area (Å²) in [5.74, 6) is -0.704. The second-order valence-corrected chi connectivity index (χ2v) is 3.99. The predicted molar refractivity (Wildman–Crippen MR) is 66.6 cm³/mol. The maximum absolute atomic E-state index is 12.1. The van der Waals surface area contributed by atoms with Gasteiger partial charge in [-0.05, 0) is 6.42 Å². The summed E-state index contributed by atoms with van der Waals surface area (Å²) in [7, 11) is 0. The molecule has 100 valence electrons. The van der Waals surface area contributed by atoms with Gasteiger partial charge in [-0.3, -0.25) is 14.6 Å². The van der Waals surface area contributed by atoms with Gasteiger partial charge in [0.1, 0.15) is 0 Å². The van der Waals surface area contributed by atoms with E-state index in [-0.39, 0.29) is 30.5 Å². The van der Waals surface area contributed by atoms with E-state index in [2.05, 4.69) is 4.98 Å². The molecular weight excluding hydrogens is 236 g/mol. The number of hydrogen-bond acceptors (Lipinski definition) is 4. The number of nitrogens with one attached hydrogen (secondary N) is 1. The zero-order chi connectivity index (χ0) is 13.5. The van der Waals surface area contributed by atoms with Crippen LogP contribution in [0.5, 0.6) is 5.88 Å². The minimum atomic E-state index is -0.530. The van der Waals surface area contributed by atoms with Crippen LogP contribution in [0.15, 0.2) is 16.9 Å². The summed E-state index contributed by atoms with van der Waals surface area (Å²) in [5.41, 5.74) is -0.404. The van der Waals surface area contributed by atoms with Crippen LogP contribution in [0.3, 0.4) is 0 Å². The van der Waals surface area contributed by atoms with Crippen LogP contribution in [0.25, 0.3) is 0 Å². The van der Waals surface area contributed by atoms with Gasteiger partial charge in [0.2, 0.25) is 0 Å². The second kappa shape index (κ2) is 6.80. The van der Waals surface area contributed by atoms with Crippen molar-refractivity contribution in [2.24, 2.45) is 0 Å². The molecule has 6 nitrogen and oxygen atoms in total. The number of aromatic nitrogens is 1. The largest absolute Gasteiger partial charge is 0.494 e. The standard InChI is InChI=1S/C12H18N2O4/c1-2-3-4-14(5-6-15)12(18)9-7-10(16)13-11(17)8-9/h7-8,15H,2-6H2,1H3,(H2,13,16,17). The van der Waals surface area contributed by atoms with Gasteiger partial charge in [0, 0.05) is 25.2 Å². The third-order valence-electron chi connectivity index (χ3n) is 2.52. The first-order chi connectivity index (χ1) is 8.58. The molecule has 0 unspecified atom stereocenters. The smallest absolute Gasteiger partial charge is 0.254 e. The van der Waals surface area contributed by atoms with Crippen LogP contribution < -0.4 is 5.56 Å². The normalized spacial score (nSPS) is 10.3. The minimum Gasteiger partial charge on any atom is -0.494 e. The average molecular weight is 254 g/mol. The molecule has 0 radical (unpaired) electrons. The molecule has 0 fully saturated rings. The Morgan fingerprint density at radius 3 is 2.67 bits per heavy atom. The van der Waals surface area contributed by atoms with Crippen LogP contribution in [0.2, 0.25) is 0 Å². The van der Waals surface area contributed by atoms with E-state index in [9.17, 15) is 14.7 Å². The molecule has 0 atom stereocenters. The van der Waals surface area contributed by atoms with Crippen molar-refractivity contribution in [2.75, 3.05) is 19.7 Å². The van der Waals surface area contributed by atoms with E-state index in [1.807, 2.05) is 6.92 Å². The number of nitrogens with zero attached hydrogens (tertiary/aromatic N) is 1. The molecule has 0 aliphatic carbocycles. The summed E-state index contributed by atoms with van der Waals surface area (Å²) in [6, 6.07) is 2.35. The minimum absolute atomic E-state index is 0.126. The highest BCUT2D eigenvalue weighted by molar-refractivity contribution is 5.94. The van der Waals surface area contributed by atoms with Gasteiger partial charge >= 0.3 is 0 Å². The molecule has 0 saturated carbocycles. The van der Waals surface area contributed by atoms with Crippen molar-refractivity contribution in [2.45, 2.75) is 19.8 Å². The number of aromatic amines is 1. The first-order valence-corrected chi connectivity index (χ1v) is 5.92. The molecule has 1 heterocycles. The van der Waals surface area contributed by atoms with Crippen molar-refractivity contribution in [3.63, 3.8) is 0 Å². The van der Waals surface area contributed by atoms with E-state index < -0.39 is 5.56 Å². The van der Waals surface area contributed by atoms with Gasteiger partial charge in [-0.15, -0.1) is 0 Å². The van der Waals surface area contributed by atoms with Crippen molar-refractivity contribution in [3.05, 3.63) is 28.0 Å². The molecule has 0 aliphatic heterocycles. The Labute approximate surface area is 105 Å². The average Bonchev–Trinajstić information content (AvgIpc) is 2.32. The van der Waals surface area contributed by atoms with E-state index in [1.54, 1.807) is 0 Å². The third-order valence-corrected chi connectivity index (χ3v) is 2.52. The molecule has 6 heteroatoms. The number of rotatable bonds is 6. The summed E-state index contributed by atoms with van der Waals surface area (Å²) in [6.45, 7) is 2.60. The number of pyridine rings is 1. The highest BCUT2D eigenvalue weighted by atomic mass is 16.3. The number of aliphatic hydroxyl groups excluding tert-OH is 1. The molecule has 1 aromatic heterocycles. The predicted octanol–water partition coefficient (Wildman–Crippen LogP) is 0.315. The molecule has 1 aromatic rings. The van der Waals surface area contributed by atoms with Crippen molar-refractivity contribution in [1.82, 2.24) is 9.88 Å². The molecule has 18 heavy (non-hydrogen) atoms. The molecule has 0 aliphatic rings. The number of unbranched alkanes of at least 4 members (excludes halogenated alkanes) is 1. The summed E-state index contributed by atoms with van der Waals surface area (Å²) in [5, 5.41) is 18.2. The van der Waals surface area contributed by atoms with Crippen LogP contribution in [-0.2, 0) is 0 Å². The zero-order valence-corrected chi connectivity index (χ0v) is 10.3. The lowest BCUT2D eigenvalue weighted by molar-refractivity contribution is 0.0718. The van der Waals surface area contributed by atoms with Crippen molar-refractivity contribution < 1.29 is 15.0 Å². The van der Waals surface area contributed by atoms with E-state index in [1.165, 1.54) is 11.0 Å². The molecule has 3 N–H and O–H groups in total. The number of H-pyrrole nitrogens is 1. The molecule has 0 aromatic carbocycles. The van der Waals surface area contributed by atoms with Crippen LogP contribution in [0, 0.1) is 0 Å². The zero-order valence-electron chi connectivity index (χ0n) is 10.3. The topological polar surface area (TPSA) is 93.6 Å². The Morgan fingerprint density at radius 2 is 2.11 bits per heavy atom. The first kappa shape index (κ1) is 14.2. The van der Waals surface area contributed by atoms with Crippen molar-refractivity contribution >= 4 is 5.91 Å². The lowest BCUT2D eigenvalue weighted by atomic mass is 10.2. The number of aliphatic hydroxyl groups is 1. The first-order valence-electron chi connectivity index (χ1n) is 5.92. The van der Waals surface area contributed by atoms with Gasteiger partial charge < -0.3 is 15.1 Å². The fourth-order valence-corrected chi connectivity index (χ4v) is 1.62. The van der Waals surface area contributed by atoms with Crippen LogP contribution in [0.1, 0.15) is 30.1 Å². The monoisotopic (exact) mass is 254 g/mol. The van der Waals surface area contributed by atoms with Gasteiger partial charge in [-0.25, -0.2) is 0 Å². The highest BCUT2D eigenvalue weighted by Crippen LogP contribution is 2.08. The van der Waals surface area contributed by atoms with Crippen LogP contribution in [0.4, 0.5) is 0 Å². The fraction of sp³-hybridized carbons (Fsp3) is 0.500. The second-order valence-electron chi connectivity index (χ2n) is 3.99. The molecule has 0 saturated heterocycles. The number of carbonyl (C=O) groups is 1. The summed E-state index contributed by atoms with van der Waals surface area (Å²) < 4.78 is 0. The number of aromatic hydroxyl groups is 1. The van der Waals surface area contributed by atoms with Gasteiger partial charge in [-0.2, -0.15) is 0 Å². The van der Waals surface area contributed by atoms with Gasteiger partial charge in [0.05, 0.1) is 12.2 Å². The van der Waals surface area contributed by atoms with Crippen molar-refractivity contribution in [3.8, 4) is 5.88 Å². The summed E-state index contributed by atoms with van der Waals surface area (Å²) in [4.78, 5) is 26.9. The van der Waals surface area contributed by atoms with Crippen LogP contribution >= 0.6 is 0 Å². The van der Waals surface area contributed by atoms with E-state index in [4.69, 9.17) is 5.11 Å². The molecule has 1 amide bonds. The highest BCUT2D eigenvalue weighted by Gasteiger charge is 2.16. The molecule has 0 bridgehead atoms.